The normalized spacial score (nSPS) is 15.1. The highest BCUT2D eigenvalue weighted by Gasteiger charge is 2.30. The van der Waals surface area contributed by atoms with E-state index in [0.29, 0.717) is 5.56 Å². The van der Waals surface area contributed by atoms with Gasteiger partial charge < -0.3 is 25.8 Å². The smallest absolute Gasteiger partial charge is 0.273 e. The number of nitrogens with zero attached hydrogens (tertiary/aromatic N) is 2. The Hall–Kier alpha value is -4.31. The van der Waals surface area contributed by atoms with Crippen LogP contribution in [-0.2, 0) is 4.79 Å². The summed E-state index contributed by atoms with van der Waals surface area (Å²) in [4.78, 5) is 37.8. The van der Waals surface area contributed by atoms with Gasteiger partial charge in [-0.15, -0.1) is 10.2 Å². The zero-order chi connectivity index (χ0) is 27.4. The van der Waals surface area contributed by atoms with Gasteiger partial charge in [0, 0.05) is 34.2 Å². The fraction of sp³-hybridized carbons (Fsp3) is 0.240. The Kier molecular flexibility index (Phi) is 5.92. The zero-order valence-electron chi connectivity index (χ0n) is 21.7. The summed E-state index contributed by atoms with van der Waals surface area (Å²) in [5.74, 6) is -1.79. The largest absolute Gasteiger partial charge is 0.494 e. The number of nitrogens with one attached hydrogen (secondary N) is 3. The van der Waals surface area contributed by atoms with Crippen LogP contribution in [-0.4, -0.2) is 47.0 Å². The molecule has 1 unspecified atom stereocenters. The van der Waals surface area contributed by atoms with Gasteiger partial charge in [-0.3, -0.25) is 14.4 Å². The van der Waals surface area contributed by atoms with E-state index in [2.05, 4.69) is 20.8 Å². The third kappa shape index (κ3) is 5.28. The molecule has 0 bridgehead atoms. The molecule has 3 aromatic rings. The van der Waals surface area contributed by atoms with Crippen LogP contribution in [0, 0.1) is 5.92 Å². The van der Waals surface area contributed by atoms with Gasteiger partial charge in [-0.25, -0.2) is 0 Å². The standard InChI is InChI=1S/C25H25N5O5/c1-26-25(34)20-18(13-19(29-30-20)28-24(33)15-11-12-15)27-17-10-6-9-16(23(17)35-2)22(32)21(31)14-7-4-3-5-8-14/h3-10,13,15,22,32H,11-12H2,1-2H3,(H,26,34)(H2,27,28,29,33)/i1D3. The Labute approximate surface area is 205 Å². The number of Topliss-reactive ketones (excluding diaryl/α,β-unsaturated/α-hetero) is 1. The van der Waals surface area contributed by atoms with E-state index in [-0.39, 0.29) is 46.0 Å². The molecule has 180 valence electrons. The van der Waals surface area contributed by atoms with Crippen molar-refractivity contribution in [2.75, 3.05) is 24.7 Å². The number of ketones is 1. The fourth-order valence-corrected chi connectivity index (χ4v) is 3.49. The fourth-order valence-electron chi connectivity index (χ4n) is 3.49. The lowest BCUT2D eigenvalue weighted by Crippen LogP contribution is -2.22. The second-order valence-corrected chi connectivity index (χ2v) is 7.90. The minimum Gasteiger partial charge on any atom is -0.494 e. The molecule has 0 radical (unpaired) electrons. The van der Waals surface area contributed by atoms with Gasteiger partial charge in [-0.1, -0.05) is 42.5 Å². The van der Waals surface area contributed by atoms with E-state index in [9.17, 15) is 19.5 Å². The first-order valence-electron chi connectivity index (χ1n) is 12.3. The Morgan fingerprint density at radius 1 is 1.09 bits per heavy atom. The third-order valence-electron chi connectivity index (χ3n) is 5.44. The molecular formula is C25H25N5O5. The molecule has 35 heavy (non-hydrogen) atoms. The van der Waals surface area contributed by atoms with E-state index in [0.717, 1.165) is 12.8 Å². The van der Waals surface area contributed by atoms with Crippen LogP contribution >= 0.6 is 0 Å². The van der Waals surface area contributed by atoms with Gasteiger partial charge >= 0.3 is 0 Å². The van der Waals surface area contributed by atoms with Crippen molar-refractivity contribution in [1.29, 1.82) is 0 Å². The Balaban J connectivity index is 1.70. The van der Waals surface area contributed by atoms with Gasteiger partial charge in [0.15, 0.2) is 17.3 Å². The molecule has 10 heteroatoms. The molecule has 4 N–H and O–H groups in total. The molecule has 4 rings (SSSR count). The van der Waals surface area contributed by atoms with E-state index >= 15 is 0 Å². The monoisotopic (exact) mass is 478 g/mol. The number of amides is 2. The molecule has 0 spiro atoms. The van der Waals surface area contributed by atoms with Crippen molar-refractivity contribution >= 4 is 34.8 Å². The molecule has 0 saturated heterocycles. The van der Waals surface area contributed by atoms with Crippen LogP contribution in [0.1, 0.15) is 49.5 Å². The van der Waals surface area contributed by atoms with Crippen molar-refractivity contribution in [3.8, 4) is 5.75 Å². The number of hydrogen-bond donors (Lipinski definition) is 4. The summed E-state index contributed by atoms with van der Waals surface area (Å²) in [6.45, 7) is -2.78. The number of hydrogen-bond acceptors (Lipinski definition) is 8. The van der Waals surface area contributed by atoms with Gasteiger partial charge in [0.1, 0.15) is 11.9 Å². The molecule has 1 fully saturated rings. The topological polar surface area (TPSA) is 143 Å². The van der Waals surface area contributed by atoms with Crippen LogP contribution in [0.4, 0.5) is 17.2 Å². The minimum absolute atomic E-state index is 0.00664. The summed E-state index contributed by atoms with van der Waals surface area (Å²) in [5, 5.41) is 26.0. The van der Waals surface area contributed by atoms with Gasteiger partial charge in [0.25, 0.3) is 5.91 Å². The molecular weight excluding hydrogens is 450 g/mol. The molecule has 1 aliphatic carbocycles. The summed E-state index contributed by atoms with van der Waals surface area (Å²) in [6, 6.07) is 14.2. The SMILES string of the molecule is [2H]C([2H])([2H])NC(=O)c1nnc(NC(=O)C2CC2)cc1Nc1cccc(C(O)C(=O)c2ccccc2)c1OC. The van der Waals surface area contributed by atoms with Crippen LogP contribution in [0.25, 0.3) is 0 Å². The zero-order valence-corrected chi connectivity index (χ0v) is 18.7. The minimum atomic E-state index is -2.78. The van der Waals surface area contributed by atoms with Crippen LogP contribution < -0.4 is 20.7 Å². The number of anilines is 3. The van der Waals surface area contributed by atoms with Crippen LogP contribution in [0.5, 0.6) is 5.75 Å². The molecule has 1 heterocycles. The van der Waals surface area contributed by atoms with Gasteiger partial charge in [-0.2, -0.15) is 0 Å². The first-order chi connectivity index (χ1) is 18.1. The van der Waals surface area contributed by atoms with Crippen molar-refractivity contribution in [2.24, 2.45) is 5.92 Å². The lowest BCUT2D eigenvalue weighted by atomic mass is 9.98. The van der Waals surface area contributed by atoms with E-state index < -0.39 is 24.8 Å². The van der Waals surface area contributed by atoms with E-state index in [1.54, 1.807) is 42.5 Å². The number of aromatic nitrogens is 2. The molecule has 1 saturated carbocycles. The average Bonchev–Trinajstić information content (AvgIpc) is 3.73. The maximum absolute atomic E-state index is 12.9. The highest BCUT2D eigenvalue weighted by Crippen LogP contribution is 2.37. The lowest BCUT2D eigenvalue weighted by Gasteiger charge is -2.19. The van der Waals surface area contributed by atoms with Crippen molar-refractivity contribution in [2.45, 2.75) is 18.9 Å². The summed E-state index contributed by atoms with van der Waals surface area (Å²) in [6.07, 6.45) is -0.0362. The van der Waals surface area contributed by atoms with Crippen LogP contribution in [0.2, 0.25) is 0 Å². The highest BCUT2D eigenvalue weighted by atomic mass is 16.5. The van der Waals surface area contributed by atoms with Crippen LogP contribution in [0.3, 0.4) is 0 Å². The number of aliphatic hydroxyl groups is 1. The third-order valence-corrected chi connectivity index (χ3v) is 5.44. The van der Waals surface area contributed by atoms with Crippen molar-refractivity contribution in [3.05, 3.63) is 71.4 Å². The molecule has 1 atom stereocenters. The Morgan fingerprint density at radius 3 is 2.54 bits per heavy atom. The number of carbonyl (C=O) groups excluding carboxylic acids is 3. The second-order valence-electron chi connectivity index (χ2n) is 7.90. The maximum Gasteiger partial charge on any atom is 0.273 e. The van der Waals surface area contributed by atoms with Crippen molar-refractivity contribution in [1.82, 2.24) is 15.5 Å². The first-order valence-corrected chi connectivity index (χ1v) is 10.8. The number of rotatable bonds is 9. The average molecular weight is 479 g/mol. The lowest BCUT2D eigenvalue weighted by molar-refractivity contribution is -0.117. The summed E-state index contributed by atoms with van der Waals surface area (Å²) in [5.41, 5.74) is 0.342. The molecule has 10 nitrogen and oxygen atoms in total. The molecule has 1 aromatic heterocycles. The predicted octanol–water partition coefficient (Wildman–Crippen LogP) is 2.85. The second kappa shape index (κ2) is 10.3. The number of ether oxygens (including phenoxy) is 1. The number of aliphatic hydroxyl groups excluding tert-OH is 1. The molecule has 2 aromatic carbocycles. The van der Waals surface area contributed by atoms with Gasteiger partial charge in [0.05, 0.1) is 18.5 Å². The maximum atomic E-state index is 12.9. The van der Waals surface area contributed by atoms with E-state index in [1.165, 1.54) is 19.2 Å². The summed E-state index contributed by atoms with van der Waals surface area (Å²) >= 11 is 0. The van der Waals surface area contributed by atoms with Crippen LogP contribution in [0.15, 0.2) is 54.6 Å². The first kappa shape index (κ1) is 20.1. The number of para-hydroxylation sites is 1. The summed E-state index contributed by atoms with van der Waals surface area (Å²) in [7, 11) is 1.35. The summed E-state index contributed by atoms with van der Waals surface area (Å²) < 4.78 is 27.5. The Bertz CT molecular complexity index is 1360. The van der Waals surface area contributed by atoms with E-state index in [1.807, 2.05) is 5.32 Å². The van der Waals surface area contributed by atoms with E-state index in [4.69, 9.17) is 8.85 Å². The quantitative estimate of drug-likeness (QED) is 0.344. The number of methoxy groups -OCH3 is 1. The van der Waals surface area contributed by atoms with Crippen molar-refractivity contribution < 1.29 is 28.3 Å². The predicted molar refractivity (Wildman–Crippen MR) is 129 cm³/mol. The molecule has 2 amide bonds. The van der Waals surface area contributed by atoms with Gasteiger partial charge in [0.2, 0.25) is 5.91 Å². The van der Waals surface area contributed by atoms with Gasteiger partial charge in [-0.05, 0) is 18.9 Å². The number of benzene rings is 2. The number of carbonyl (C=O) groups is 3. The van der Waals surface area contributed by atoms with Crippen molar-refractivity contribution in [3.63, 3.8) is 0 Å². The Morgan fingerprint density at radius 2 is 1.86 bits per heavy atom. The molecule has 1 aliphatic rings. The highest BCUT2D eigenvalue weighted by molar-refractivity contribution is 6.01. The molecule has 0 aliphatic heterocycles.